The van der Waals surface area contributed by atoms with Gasteiger partial charge in [0.15, 0.2) is 0 Å². The second-order valence-electron chi connectivity index (χ2n) is 6.37. The highest BCUT2D eigenvalue weighted by Gasteiger charge is 2.17. The van der Waals surface area contributed by atoms with Gasteiger partial charge in [0.2, 0.25) is 0 Å². The molecule has 0 saturated carbocycles. The van der Waals surface area contributed by atoms with Crippen molar-refractivity contribution in [2.24, 2.45) is 0 Å². The summed E-state index contributed by atoms with van der Waals surface area (Å²) in [5.41, 5.74) is 3.46. The molecule has 1 aliphatic rings. The van der Waals surface area contributed by atoms with E-state index < -0.39 is 0 Å². The molecule has 1 saturated heterocycles. The number of likely N-dealkylation sites (tertiary alicyclic amines) is 1. The van der Waals surface area contributed by atoms with Gasteiger partial charge in [-0.1, -0.05) is 29.8 Å². The SMILES string of the molecule is Cc1ccc(C(=O)NCc2cccc(NC(=O)N3CCCC3)c2)cc1. The topological polar surface area (TPSA) is 61.4 Å². The molecule has 1 aliphatic heterocycles. The molecule has 1 fully saturated rings. The molecule has 0 spiro atoms. The molecule has 0 aromatic heterocycles. The molecule has 5 nitrogen and oxygen atoms in total. The standard InChI is InChI=1S/C20H23N3O2/c1-15-7-9-17(10-8-15)19(24)21-14-16-5-4-6-18(13-16)22-20(25)23-11-2-3-12-23/h4-10,13H,2-3,11-12,14H2,1H3,(H,21,24)(H,22,25). The van der Waals surface area contributed by atoms with Crippen LogP contribution in [0.1, 0.15) is 34.3 Å². The summed E-state index contributed by atoms with van der Waals surface area (Å²) in [4.78, 5) is 26.2. The number of amides is 3. The lowest BCUT2D eigenvalue weighted by Gasteiger charge is -2.16. The summed E-state index contributed by atoms with van der Waals surface area (Å²) in [6, 6.07) is 15.0. The Bertz CT molecular complexity index is 750. The van der Waals surface area contributed by atoms with Crippen LogP contribution in [0.3, 0.4) is 0 Å². The van der Waals surface area contributed by atoms with Crippen LogP contribution in [0.25, 0.3) is 0 Å². The second kappa shape index (κ2) is 7.83. The predicted octanol–water partition coefficient (Wildman–Crippen LogP) is 3.55. The number of hydrogen-bond donors (Lipinski definition) is 2. The highest BCUT2D eigenvalue weighted by Crippen LogP contribution is 2.14. The molecule has 25 heavy (non-hydrogen) atoms. The molecule has 2 aromatic carbocycles. The lowest BCUT2D eigenvalue weighted by atomic mass is 10.1. The first kappa shape index (κ1) is 17.0. The van der Waals surface area contributed by atoms with Crippen molar-refractivity contribution in [2.45, 2.75) is 26.3 Å². The number of benzene rings is 2. The molecular weight excluding hydrogens is 314 g/mol. The van der Waals surface area contributed by atoms with Gasteiger partial charge in [0, 0.05) is 30.9 Å². The van der Waals surface area contributed by atoms with Crippen LogP contribution < -0.4 is 10.6 Å². The Balaban J connectivity index is 1.56. The van der Waals surface area contributed by atoms with E-state index in [9.17, 15) is 9.59 Å². The molecule has 0 unspecified atom stereocenters. The van der Waals surface area contributed by atoms with Crippen LogP contribution in [0.5, 0.6) is 0 Å². The van der Waals surface area contributed by atoms with E-state index in [0.29, 0.717) is 12.1 Å². The maximum absolute atomic E-state index is 12.2. The van der Waals surface area contributed by atoms with Crippen molar-refractivity contribution in [3.8, 4) is 0 Å². The first-order valence-corrected chi connectivity index (χ1v) is 8.61. The van der Waals surface area contributed by atoms with Gasteiger partial charge in [0.25, 0.3) is 5.91 Å². The minimum atomic E-state index is -0.105. The number of carbonyl (C=O) groups excluding carboxylic acids is 2. The molecule has 3 amide bonds. The number of carbonyl (C=O) groups is 2. The van der Waals surface area contributed by atoms with Crippen molar-refractivity contribution in [1.29, 1.82) is 0 Å². The summed E-state index contributed by atoms with van der Waals surface area (Å²) in [5, 5.41) is 5.83. The molecule has 5 heteroatoms. The Labute approximate surface area is 148 Å². The highest BCUT2D eigenvalue weighted by molar-refractivity contribution is 5.94. The molecule has 0 aliphatic carbocycles. The third kappa shape index (κ3) is 4.59. The van der Waals surface area contributed by atoms with Crippen molar-refractivity contribution >= 4 is 17.6 Å². The van der Waals surface area contributed by atoms with E-state index in [0.717, 1.165) is 42.7 Å². The average molecular weight is 337 g/mol. The summed E-state index contributed by atoms with van der Waals surface area (Å²) >= 11 is 0. The van der Waals surface area contributed by atoms with E-state index in [1.807, 2.05) is 60.4 Å². The quantitative estimate of drug-likeness (QED) is 0.896. The highest BCUT2D eigenvalue weighted by atomic mass is 16.2. The van der Waals surface area contributed by atoms with Gasteiger partial charge in [-0.05, 0) is 49.6 Å². The molecule has 0 radical (unpaired) electrons. The predicted molar refractivity (Wildman–Crippen MR) is 98.6 cm³/mol. The number of nitrogens with one attached hydrogen (secondary N) is 2. The van der Waals surface area contributed by atoms with E-state index in [1.54, 1.807) is 0 Å². The van der Waals surface area contributed by atoms with Crippen molar-refractivity contribution in [1.82, 2.24) is 10.2 Å². The Morgan fingerprint density at radius 1 is 1.04 bits per heavy atom. The molecule has 2 N–H and O–H groups in total. The number of hydrogen-bond acceptors (Lipinski definition) is 2. The first-order valence-electron chi connectivity index (χ1n) is 8.61. The molecule has 3 rings (SSSR count). The van der Waals surface area contributed by atoms with E-state index in [2.05, 4.69) is 10.6 Å². The van der Waals surface area contributed by atoms with Crippen LogP contribution in [0, 0.1) is 6.92 Å². The summed E-state index contributed by atoms with van der Waals surface area (Å²) in [5.74, 6) is -0.105. The Morgan fingerprint density at radius 3 is 2.48 bits per heavy atom. The number of nitrogens with zero attached hydrogens (tertiary/aromatic N) is 1. The van der Waals surface area contributed by atoms with Gasteiger partial charge >= 0.3 is 6.03 Å². The van der Waals surface area contributed by atoms with Gasteiger partial charge in [0.1, 0.15) is 0 Å². The molecule has 0 bridgehead atoms. The summed E-state index contributed by atoms with van der Waals surface area (Å²) in [7, 11) is 0. The fourth-order valence-corrected chi connectivity index (χ4v) is 2.87. The van der Waals surface area contributed by atoms with Crippen LogP contribution in [0.4, 0.5) is 10.5 Å². The fourth-order valence-electron chi connectivity index (χ4n) is 2.87. The van der Waals surface area contributed by atoms with Crippen molar-refractivity contribution in [2.75, 3.05) is 18.4 Å². The van der Waals surface area contributed by atoms with Crippen molar-refractivity contribution in [3.05, 3.63) is 65.2 Å². The number of rotatable bonds is 4. The monoisotopic (exact) mass is 337 g/mol. The van der Waals surface area contributed by atoms with Gasteiger partial charge < -0.3 is 15.5 Å². The average Bonchev–Trinajstić information content (AvgIpc) is 3.15. The zero-order chi connectivity index (χ0) is 17.6. The molecule has 130 valence electrons. The van der Waals surface area contributed by atoms with E-state index in [-0.39, 0.29) is 11.9 Å². The molecule has 0 atom stereocenters. The molecular formula is C20H23N3O2. The van der Waals surface area contributed by atoms with Crippen molar-refractivity contribution in [3.63, 3.8) is 0 Å². The third-order valence-electron chi connectivity index (χ3n) is 4.34. The summed E-state index contributed by atoms with van der Waals surface area (Å²) < 4.78 is 0. The van der Waals surface area contributed by atoms with Gasteiger partial charge in [-0.25, -0.2) is 4.79 Å². The minimum absolute atomic E-state index is 0.0571. The third-order valence-corrected chi connectivity index (χ3v) is 4.34. The van der Waals surface area contributed by atoms with Crippen LogP contribution in [0.2, 0.25) is 0 Å². The van der Waals surface area contributed by atoms with Crippen LogP contribution in [-0.4, -0.2) is 29.9 Å². The Morgan fingerprint density at radius 2 is 1.76 bits per heavy atom. The van der Waals surface area contributed by atoms with Crippen molar-refractivity contribution < 1.29 is 9.59 Å². The van der Waals surface area contributed by atoms with E-state index in [4.69, 9.17) is 0 Å². The van der Waals surface area contributed by atoms with Gasteiger partial charge in [-0.15, -0.1) is 0 Å². The minimum Gasteiger partial charge on any atom is -0.348 e. The maximum atomic E-state index is 12.2. The lowest BCUT2D eigenvalue weighted by Crippen LogP contribution is -2.32. The summed E-state index contributed by atoms with van der Waals surface area (Å²) in [6.07, 6.45) is 2.14. The summed E-state index contributed by atoms with van der Waals surface area (Å²) in [6.45, 7) is 4.04. The Kier molecular flexibility index (Phi) is 5.33. The van der Waals surface area contributed by atoms with Crippen LogP contribution >= 0.6 is 0 Å². The Hall–Kier alpha value is -2.82. The van der Waals surface area contributed by atoms with Crippen LogP contribution in [-0.2, 0) is 6.54 Å². The zero-order valence-corrected chi connectivity index (χ0v) is 14.4. The molecule has 2 aromatic rings. The number of aryl methyl sites for hydroxylation is 1. The van der Waals surface area contributed by atoms with Crippen LogP contribution in [0.15, 0.2) is 48.5 Å². The van der Waals surface area contributed by atoms with E-state index >= 15 is 0 Å². The van der Waals surface area contributed by atoms with Gasteiger partial charge in [-0.2, -0.15) is 0 Å². The smallest absolute Gasteiger partial charge is 0.321 e. The largest absolute Gasteiger partial charge is 0.348 e. The fraction of sp³-hybridized carbons (Fsp3) is 0.300. The first-order chi connectivity index (χ1) is 12.1. The second-order valence-corrected chi connectivity index (χ2v) is 6.37. The van der Waals surface area contributed by atoms with E-state index in [1.165, 1.54) is 0 Å². The number of anilines is 1. The zero-order valence-electron chi connectivity index (χ0n) is 14.4. The van der Waals surface area contributed by atoms with Gasteiger partial charge in [0.05, 0.1) is 0 Å². The maximum Gasteiger partial charge on any atom is 0.321 e. The number of urea groups is 1. The normalized spacial score (nSPS) is 13.6. The van der Waals surface area contributed by atoms with Gasteiger partial charge in [-0.3, -0.25) is 4.79 Å². The molecule has 1 heterocycles. The lowest BCUT2D eigenvalue weighted by molar-refractivity contribution is 0.0951.